The third-order valence-electron chi connectivity index (χ3n) is 7.99. The number of aromatic nitrogens is 2. The van der Waals surface area contributed by atoms with E-state index < -0.39 is 41.7 Å². The smallest absolute Gasteiger partial charge is 0.326 e. The number of hydrogen-bond acceptors (Lipinski definition) is 7. The number of amides is 1. The summed E-state index contributed by atoms with van der Waals surface area (Å²) in [4.78, 5) is 47.0. The molecule has 1 amide bonds. The number of nitrogens with one attached hydrogen (secondary N) is 3. The van der Waals surface area contributed by atoms with Crippen LogP contribution < -0.4 is 16.2 Å². The highest BCUT2D eigenvalue weighted by molar-refractivity contribution is 6.31. The Morgan fingerprint density at radius 2 is 2.07 bits per heavy atom. The summed E-state index contributed by atoms with van der Waals surface area (Å²) in [5.74, 6) is -0.737. The predicted molar refractivity (Wildman–Crippen MR) is 154 cm³/mol. The number of pyridine rings is 2. The van der Waals surface area contributed by atoms with E-state index in [0.717, 1.165) is 50.2 Å². The minimum Gasteiger partial charge on any atom is -0.480 e. The molecule has 0 aromatic carbocycles. The molecule has 0 bridgehead atoms. The van der Waals surface area contributed by atoms with Crippen molar-refractivity contribution in [2.24, 2.45) is 0 Å². The molecular weight excluding hydrogens is 553 g/mol. The lowest BCUT2D eigenvalue weighted by Gasteiger charge is -2.27. The summed E-state index contributed by atoms with van der Waals surface area (Å²) in [5.41, 5.74) is 0.842. The van der Waals surface area contributed by atoms with Gasteiger partial charge < -0.3 is 30.4 Å². The van der Waals surface area contributed by atoms with Crippen molar-refractivity contribution in [3.8, 4) is 0 Å². The second-order valence-electron chi connectivity index (χ2n) is 10.9. The van der Waals surface area contributed by atoms with Gasteiger partial charge in [0, 0.05) is 38.6 Å². The van der Waals surface area contributed by atoms with Crippen LogP contribution >= 0.6 is 11.6 Å². The van der Waals surface area contributed by atoms with Crippen molar-refractivity contribution in [3.05, 3.63) is 56.6 Å². The molecule has 0 spiro atoms. The zero-order chi connectivity index (χ0) is 29.4. The maximum Gasteiger partial charge on any atom is 0.326 e. The second kappa shape index (κ2) is 14.2. The zero-order valence-corrected chi connectivity index (χ0v) is 24.1. The van der Waals surface area contributed by atoms with Crippen molar-refractivity contribution >= 4 is 29.3 Å². The van der Waals surface area contributed by atoms with Crippen LogP contribution in [-0.2, 0) is 32.6 Å². The third kappa shape index (κ3) is 7.84. The van der Waals surface area contributed by atoms with Gasteiger partial charge in [0.05, 0.1) is 22.1 Å². The number of aromatic amines is 1. The summed E-state index contributed by atoms with van der Waals surface area (Å²) in [6, 6.07) is 4.53. The van der Waals surface area contributed by atoms with Crippen LogP contribution in [0.25, 0.3) is 0 Å². The van der Waals surface area contributed by atoms with Crippen molar-refractivity contribution < 1.29 is 23.8 Å². The van der Waals surface area contributed by atoms with Crippen LogP contribution in [0.3, 0.4) is 0 Å². The molecule has 1 aliphatic heterocycles. The Bertz CT molecular complexity index is 1270. The number of ether oxygens (including phenoxy) is 1. The summed E-state index contributed by atoms with van der Waals surface area (Å²) in [7, 11) is 1.45. The Balaban J connectivity index is 1.34. The maximum absolute atomic E-state index is 13.5. The number of H-pyrrole nitrogens is 1. The molecule has 4 N–H and O–H groups in total. The molecule has 2 aromatic heterocycles. The molecule has 2 aromatic rings. The second-order valence-corrected chi connectivity index (χ2v) is 11.3. The fourth-order valence-electron chi connectivity index (χ4n) is 5.40. The van der Waals surface area contributed by atoms with Crippen LogP contribution in [0, 0.1) is 0 Å². The lowest BCUT2D eigenvalue weighted by Crippen LogP contribution is -2.48. The number of halogens is 2. The predicted octanol–water partition coefficient (Wildman–Crippen LogP) is 3.08. The van der Waals surface area contributed by atoms with Crippen LogP contribution in [0.5, 0.6) is 0 Å². The molecule has 12 heteroatoms. The van der Waals surface area contributed by atoms with Gasteiger partial charge in [-0.3, -0.25) is 9.59 Å². The van der Waals surface area contributed by atoms with E-state index in [2.05, 4.69) is 27.8 Å². The van der Waals surface area contributed by atoms with E-state index in [0.29, 0.717) is 32.5 Å². The average molecular weight is 592 g/mol. The number of carbonyl (C=O) groups excluding carboxylic acids is 1. The van der Waals surface area contributed by atoms with Crippen molar-refractivity contribution in [1.82, 2.24) is 20.2 Å². The molecule has 10 nitrogen and oxygen atoms in total. The monoisotopic (exact) mass is 591 g/mol. The Hall–Kier alpha value is -3.02. The SMILES string of the molecule is COC(CF)CN(CCCCc1ccc2c(n1)NCCC2)CCC(NC(=O)C1(c2c(Cl)cc[nH]c2=O)CC1)C(=O)O. The molecule has 224 valence electrons. The first-order valence-electron chi connectivity index (χ1n) is 14.2. The minimum atomic E-state index is -1.18. The standard InChI is InChI=1S/C29H39ClFN5O5/c1-41-21(17-31)18-36(15-3-2-6-20-8-7-19-5-4-13-32-25(19)34-20)16-10-23(27(38)39)35-28(40)29(11-12-29)24-22(30)9-14-33-26(24)37/h7-9,14,21,23H,2-6,10-13,15-18H2,1H3,(H,32,34)(H,33,37)(H,35,40)(H,38,39). The van der Waals surface area contributed by atoms with Gasteiger partial charge >= 0.3 is 5.97 Å². The number of nitrogens with zero attached hydrogens (tertiary/aromatic N) is 2. The maximum atomic E-state index is 13.5. The molecule has 1 fully saturated rings. The summed E-state index contributed by atoms with van der Waals surface area (Å²) >= 11 is 6.23. The number of carbonyl (C=O) groups is 2. The van der Waals surface area contributed by atoms with Gasteiger partial charge in [-0.2, -0.15) is 0 Å². The van der Waals surface area contributed by atoms with Gasteiger partial charge in [-0.15, -0.1) is 0 Å². The highest BCUT2D eigenvalue weighted by Crippen LogP contribution is 2.49. The van der Waals surface area contributed by atoms with Crippen LogP contribution in [0.4, 0.5) is 10.2 Å². The first kappa shape index (κ1) is 30.9. The molecular formula is C29H39ClFN5O5. The normalized spacial score (nSPS) is 16.9. The Labute approximate surface area is 244 Å². The van der Waals surface area contributed by atoms with E-state index in [1.165, 1.54) is 24.9 Å². The molecule has 2 atom stereocenters. The van der Waals surface area contributed by atoms with Gasteiger partial charge in [-0.1, -0.05) is 17.7 Å². The van der Waals surface area contributed by atoms with Crippen molar-refractivity contribution in [2.75, 3.05) is 45.3 Å². The van der Waals surface area contributed by atoms with E-state index >= 15 is 0 Å². The number of anilines is 1. The number of aryl methyl sites for hydroxylation is 2. The lowest BCUT2D eigenvalue weighted by atomic mass is 9.95. The third-order valence-corrected chi connectivity index (χ3v) is 8.30. The van der Waals surface area contributed by atoms with Gasteiger partial charge in [0.15, 0.2) is 0 Å². The Morgan fingerprint density at radius 3 is 2.76 bits per heavy atom. The number of methoxy groups -OCH3 is 1. The van der Waals surface area contributed by atoms with Crippen molar-refractivity contribution in [1.29, 1.82) is 0 Å². The highest BCUT2D eigenvalue weighted by Gasteiger charge is 2.54. The number of alkyl halides is 1. The fraction of sp³-hybridized carbons (Fsp3) is 0.586. The number of unbranched alkanes of at least 4 members (excludes halogenated alkanes) is 1. The first-order valence-corrected chi connectivity index (χ1v) is 14.6. The molecule has 41 heavy (non-hydrogen) atoms. The average Bonchev–Trinajstić information content (AvgIpc) is 3.77. The quantitative estimate of drug-likeness (QED) is 0.219. The van der Waals surface area contributed by atoms with Crippen LogP contribution in [0.2, 0.25) is 5.02 Å². The molecule has 1 aliphatic carbocycles. The molecule has 3 heterocycles. The van der Waals surface area contributed by atoms with E-state index in [4.69, 9.17) is 21.3 Å². The van der Waals surface area contributed by atoms with E-state index in [1.54, 1.807) is 0 Å². The zero-order valence-electron chi connectivity index (χ0n) is 23.4. The van der Waals surface area contributed by atoms with Crippen LogP contribution in [0.15, 0.2) is 29.2 Å². The number of fused-ring (bicyclic) bond motifs is 1. The largest absolute Gasteiger partial charge is 0.480 e. The Morgan fingerprint density at radius 1 is 1.27 bits per heavy atom. The minimum absolute atomic E-state index is 0.108. The van der Waals surface area contributed by atoms with Gasteiger partial charge in [0.2, 0.25) is 5.91 Å². The number of aliphatic carboxylic acids is 1. The van der Waals surface area contributed by atoms with E-state index in [1.807, 2.05) is 4.90 Å². The molecule has 4 rings (SSSR count). The number of carboxylic acid groups (broad SMARTS) is 1. The molecule has 2 unspecified atom stereocenters. The van der Waals surface area contributed by atoms with Crippen molar-refractivity contribution in [3.63, 3.8) is 0 Å². The molecule has 0 saturated heterocycles. The lowest BCUT2D eigenvalue weighted by molar-refractivity contribution is -0.142. The van der Waals surface area contributed by atoms with Gasteiger partial charge in [-0.25, -0.2) is 14.2 Å². The highest BCUT2D eigenvalue weighted by atomic mass is 35.5. The van der Waals surface area contributed by atoms with Gasteiger partial charge in [0.25, 0.3) is 5.56 Å². The number of carboxylic acids is 1. The van der Waals surface area contributed by atoms with E-state index in [-0.39, 0.29) is 17.0 Å². The molecule has 0 radical (unpaired) electrons. The summed E-state index contributed by atoms with van der Waals surface area (Å²) in [6.07, 6.45) is 6.31. The fourth-order valence-corrected chi connectivity index (χ4v) is 5.73. The molecule has 2 aliphatic rings. The number of hydrogen-bond donors (Lipinski definition) is 4. The summed E-state index contributed by atoms with van der Waals surface area (Å²) < 4.78 is 18.7. The summed E-state index contributed by atoms with van der Waals surface area (Å²) in [6.45, 7) is 1.51. The number of rotatable bonds is 16. The first-order chi connectivity index (χ1) is 19.8. The topological polar surface area (TPSA) is 137 Å². The van der Waals surface area contributed by atoms with Gasteiger partial charge in [0.1, 0.15) is 18.5 Å². The van der Waals surface area contributed by atoms with Crippen molar-refractivity contribution in [2.45, 2.75) is 68.9 Å². The van der Waals surface area contributed by atoms with Crippen LogP contribution in [-0.4, -0.2) is 84.0 Å². The molecule has 1 saturated carbocycles. The summed E-state index contributed by atoms with van der Waals surface area (Å²) in [5, 5.41) is 16.0. The Kier molecular flexibility index (Phi) is 10.7. The van der Waals surface area contributed by atoms with Gasteiger partial charge in [-0.05, 0) is 75.6 Å². The van der Waals surface area contributed by atoms with Crippen LogP contribution in [0.1, 0.15) is 55.3 Å². The van der Waals surface area contributed by atoms with E-state index in [9.17, 15) is 23.9 Å².